The summed E-state index contributed by atoms with van der Waals surface area (Å²) in [6.45, 7) is 2.33. The number of amides is 2. The zero-order valence-electron chi connectivity index (χ0n) is 16.4. The summed E-state index contributed by atoms with van der Waals surface area (Å²) in [6.07, 6.45) is 1.74. The molecule has 1 heterocycles. The summed E-state index contributed by atoms with van der Waals surface area (Å²) in [6, 6.07) is 17.6. The van der Waals surface area contributed by atoms with E-state index in [4.69, 9.17) is 14.7 Å². The van der Waals surface area contributed by atoms with Gasteiger partial charge in [0.15, 0.2) is 0 Å². The van der Waals surface area contributed by atoms with Crippen molar-refractivity contribution in [2.45, 2.75) is 38.1 Å². The fraction of sp³-hybridized carbons (Fsp3) is 0.364. The van der Waals surface area contributed by atoms with Gasteiger partial charge in [-0.15, -0.1) is 0 Å². The number of benzene rings is 2. The van der Waals surface area contributed by atoms with Gasteiger partial charge in [-0.1, -0.05) is 54.6 Å². The summed E-state index contributed by atoms with van der Waals surface area (Å²) in [5, 5.41) is 11.8. The molecular weight excluding hydrogens is 372 g/mol. The summed E-state index contributed by atoms with van der Waals surface area (Å²) in [4.78, 5) is 24.8. The predicted octanol–water partition coefficient (Wildman–Crippen LogP) is 2.43. The van der Waals surface area contributed by atoms with Gasteiger partial charge in [-0.05, 0) is 36.5 Å². The molecule has 3 rings (SSSR count). The van der Waals surface area contributed by atoms with Crippen LogP contribution >= 0.6 is 0 Å². The van der Waals surface area contributed by atoms with E-state index in [2.05, 4.69) is 5.32 Å². The zero-order chi connectivity index (χ0) is 20.7. The Morgan fingerprint density at radius 3 is 2.41 bits per heavy atom. The van der Waals surface area contributed by atoms with E-state index in [-0.39, 0.29) is 12.7 Å². The predicted molar refractivity (Wildman–Crippen MR) is 107 cm³/mol. The van der Waals surface area contributed by atoms with Crippen LogP contribution in [0.5, 0.6) is 0 Å². The zero-order valence-corrected chi connectivity index (χ0v) is 16.4. The minimum absolute atomic E-state index is 0.0341. The van der Waals surface area contributed by atoms with Crippen molar-refractivity contribution >= 4 is 11.8 Å². The monoisotopic (exact) mass is 398 g/mol. The Hall–Kier alpha value is -2.74. The van der Waals surface area contributed by atoms with Crippen molar-refractivity contribution in [1.82, 2.24) is 10.8 Å². The topological polar surface area (TPSA) is 96.9 Å². The van der Waals surface area contributed by atoms with Crippen LogP contribution in [0.4, 0.5) is 0 Å². The molecule has 0 aliphatic carbocycles. The van der Waals surface area contributed by atoms with E-state index in [1.165, 1.54) is 12.4 Å². The van der Waals surface area contributed by atoms with Crippen molar-refractivity contribution in [1.29, 1.82) is 0 Å². The van der Waals surface area contributed by atoms with Gasteiger partial charge in [0.25, 0.3) is 11.8 Å². The number of hydroxylamine groups is 1. The molecular formula is C22H26N2O5. The number of carbonyl (C=O) groups is 2. The van der Waals surface area contributed by atoms with E-state index in [9.17, 15) is 9.59 Å². The molecule has 0 saturated carbocycles. The lowest BCUT2D eigenvalue weighted by molar-refractivity contribution is -0.166. The van der Waals surface area contributed by atoms with Crippen molar-refractivity contribution in [2.24, 2.45) is 0 Å². The first-order valence-electron chi connectivity index (χ1n) is 9.65. The first-order chi connectivity index (χ1) is 14.0. The number of hydrogen-bond donors (Lipinski definition) is 3. The van der Waals surface area contributed by atoms with Crippen molar-refractivity contribution in [2.75, 3.05) is 13.2 Å². The second-order valence-corrected chi connectivity index (χ2v) is 7.17. The molecule has 1 unspecified atom stereocenters. The second-order valence-electron chi connectivity index (χ2n) is 7.17. The number of rotatable bonds is 8. The van der Waals surface area contributed by atoms with Crippen molar-refractivity contribution in [3.8, 4) is 11.1 Å². The number of carbonyl (C=O) groups excluding carboxylic acids is 2. The van der Waals surface area contributed by atoms with Crippen molar-refractivity contribution in [3.63, 3.8) is 0 Å². The molecule has 29 heavy (non-hydrogen) atoms. The van der Waals surface area contributed by atoms with E-state index in [0.29, 0.717) is 13.2 Å². The highest BCUT2D eigenvalue weighted by Crippen LogP contribution is 2.21. The lowest BCUT2D eigenvalue weighted by Gasteiger charge is -2.27. The van der Waals surface area contributed by atoms with Gasteiger partial charge in [0.2, 0.25) is 5.60 Å². The normalized spacial score (nSPS) is 18.1. The molecule has 1 aliphatic rings. The van der Waals surface area contributed by atoms with E-state index in [0.717, 1.165) is 29.5 Å². The first-order valence-corrected chi connectivity index (χ1v) is 9.65. The fourth-order valence-electron chi connectivity index (χ4n) is 3.17. The molecule has 7 heteroatoms. The molecule has 2 aromatic rings. The second kappa shape index (κ2) is 9.65. The molecule has 2 atom stereocenters. The van der Waals surface area contributed by atoms with E-state index in [1.54, 1.807) is 0 Å². The molecule has 2 aromatic carbocycles. The van der Waals surface area contributed by atoms with Gasteiger partial charge >= 0.3 is 0 Å². The summed E-state index contributed by atoms with van der Waals surface area (Å²) in [5.74, 6) is -1.55. The lowest BCUT2D eigenvalue weighted by Crippen LogP contribution is -2.57. The molecule has 3 N–H and O–H groups in total. The first kappa shape index (κ1) is 21.0. The standard InChI is InChI=1S/C22H26N2O5/c1-22(21(26)24-27,20(25)23-14-19-8-5-13-28-19)29-15-16-9-11-18(12-10-16)17-6-3-2-4-7-17/h2-4,6-7,9-12,19,27H,5,8,13-15H2,1H3,(H,23,25)(H,24,26)/t19-,22?/m0/s1. The van der Waals surface area contributed by atoms with Crippen molar-refractivity contribution < 1.29 is 24.3 Å². The van der Waals surface area contributed by atoms with Crippen LogP contribution in [-0.4, -0.2) is 41.9 Å². The fourth-order valence-corrected chi connectivity index (χ4v) is 3.17. The number of ether oxygens (including phenoxy) is 2. The van der Waals surface area contributed by atoms with E-state index >= 15 is 0 Å². The maximum absolute atomic E-state index is 12.6. The largest absolute Gasteiger partial charge is 0.376 e. The van der Waals surface area contributed by atoms with Crippen molar-refractivity contribution in [3.05, 3.63) is 60.2 Å². The van der Waals surface area contributed by atoms with Gasteiger partial charge in [0.05, 0.1) is 12.7 Å². The summed E-state index contributed by atoms with van der Waals surface area (Å²) >= 11 is 0. The van der Waals surface area contributed by atoms with Gasteiger partial charge in [-0.3, -0.25) is 14.8 Å². The van der Waals surface area contributed by atoms with Gasteiger partial charge in [-0.25, -0.2) is 5.48 Å². The third-order valence-corrected chi connectivity index (χ3v) is 5.07. The van der Waals surface area contributed by atoms with Gasteiger partial charge < -0.3 is 14.8 Å². The summed E-state index contributed by atoms with van der Waals surface area (Å²) in [7, 11) is 0. The van der Waals surface area contributed by atoms with E-state index < -0.39 is 17.4 Å². The Balaban J connectivity index is 1.63. The Morgan fingerprint density at radius 1 is 1.10 bits per heavy atom. The highest BCUT2D eigenvalue weighted by molar-refractivity contribution is 6.07. The molecule has 0 radical (unpaired) electrons. The van der Waals surface area contributed by atoms with Crippen LogP contribution in [0, 0.1) is 0 Å². The molecule has 154 valence electrons. The maximum atomic E-state index is 12.6. The highest BCUT2D eigenvalue weighted by atomic mass is 16.5. The number of nitrogens with one attached hydrogen (secondary N) is 2. The molecule has 2 amide bonds. The lowest BCUT2D eigenvalue weighted by atomic mass is 10.0. The summed E-state index contributed by atoms with van der Waals surface area (Å²) < 4.78 is 11.1. The van der Waals surface area contributed by atoms with Gasteiger partial charge in [-0.2, -0.15) is 0 Å². The quantitative estimate of drug-likeness (QED) is 0.361. The SMILES string of the molecule is CC(OCc1ccc(-c2ccccc2)cc1)(C(=O)NO)C(=O)NC[C@@H]1CCCO1. The van der Waals surface area contributed by atoms with Crippen LogP contribution in [0.1, 0.15) is 25.3 Å². The Labute approximate surface area is 170 Å². The third kappa shape index (κ3) is 5.20. The third-order valence-electron chi connectivity index (χ3n) is 5.07. The van der Waals surface area contributed by atoms with E-state index in [1.807, 2.05) is 54.6 Å². The molecule has 1 fully saturated rings. The van der Waals surface area contributed by atoms with Crippen LogP contribution in [0.3, 0.4) is 0 Å². The summed E-state index contributed by atoms with van der Waals surface area (Å²) in [5.41, 5.74) is 2.61. The highest BCUT2D eigenvalue weighted by Gasteiger charge is 2.42. The molecule has 0 spiro atoms. The smallest absolute Gasteiger partial charge is 0.285 e. The van der Waals surface area contributed by atoms with Crippen LogP contribution in [0.25, 0.3) is 11.1 Å². The van der Waals surface area contributed by atoms with Crippen LogP contribution in [0.15, 0.2) is 54.6 Å². The minimum atomic E-state index is -1.87. The van der Waals surface area contributed by atoms with Crippen LogP contribution in [0.2, 0.25) is 0 Å². The molecule has 0 aromatic heterocycles. The van der Waals surface area contributed by atoms with Crippen LogP contribution in [-0.2, 0) is 25.7 Å². The Kier molecular flexibility index (Phi) is 6.98. The average molecular weight is 398 g/mol. The molecule has 7 nitrogen and oxygen atoms in total. The molecule has 0 bridgehead atoms. The number of hydrogen-bond acceptors (Lipinski definition) is 5. The van der Waals surface area contributed by atoms with Crippen LogP contribution < -0.4 is 10.8 Å². The average Bonchev–Trinajstić information content (AvgIpc) is 3.30. The molecule has 1 aliphatic heterocycles. The van der Waals surface area contributed by atoms with Gasteiger partial charge in [0, 0.05) is 13.2 Å². The Bertz CT molecular complexity index is 819. The minimum Gasteiger partial charge on any atom is -0.376 e. The molecule has 1 saturated heterocycles. The maximum Gasteiger partial charge on any atom is 0.285 e. The Morgan fingerprint density at radius 2 is 1.79 bits per heavy atom. The van der Waals surface area contributed by atoms with Gasteiger partial charge in [0.1, 0.15) is 0 Å².